The Morgan fingerprint density at radius 2 is 2.00 bits per heavy atom. The quantitative estimate of drug-likeness (QED) is 0.780. The molecular weight excluding hydrogens is 262 g/mol. The van der Waals surface area contributed by atoms with Gasteiger partial charge in [-0.3, -0.25) is 4.90 Å². The van der Waals surface area contributed by atoms with Crippen LogP contribution in [0.15, 0.2) is 29.8 Å². The topological polar surface area (TPSA) is 21.7 Å². The first-order valence-electron chi connectivity index (χ1n) is 7.94. The van der Waals surface area contributed by atoms with Gasteiger partial charge in [-0.25, -0.2) is 0 Å². The van der Waals surface area contributed by atoms with Crippen LogP contribution in [0.5, 0.6) is 5.75 Å². The monoisotopic (exact) mass is 285 g/mol. The lowest BCUT2D eigenvalue weighted by Crippen LogP contribution is -2.38. The SMILES string of the molecule is COc1ccc2c(c1)[C@H]1C[C@@H](OC)C=C3CCN(CC2)[C@H]31. The molecule has 0 radical (unpaired) electrons. The number of benzene rings is 1. The molecule has 1 aromatic carbocycles. The molecule has 0 N–H and O–H groups in total. The van der Waals surface area contributed by atoms with Crippen molar-refractivity contribution < 1.29 is 9.47 Å². The van der Waals surface area contributed by atoms with Gasteiger partial charge in [-0.1, -0.05) is 17.7 Å². The minimum atomic E-state index is 0.262. The third-order valence-electron chi connectivity index (χ3n) is 5.45. The highest BCUT2D eigenvalue weighted by Gasteiger charge is 2.42. The summed E-state index contributed by atoms with van der Waals surface area (Å²) in [6, 6.07) is 7.21. The highest BCUT2D eigenvalue weighted by atomic mass is 16.5. The predicted octanol–water partition coefficient (Wildman–Crippen LogP) is 2.75. The zero-order valence-corrected chi connectivity index (χ0v) is 12.8. The molecule has 3 heteroatoms. The maximum Gasteiger partial charge on any atom is 0.119 e. The van der Waals surface area contributed by atoms with Crippen molar-refractivity contribution in [2.24, 2.45) is 0 Å². The molecule has 1 aromatic rings. The molecule has 0 spiro atoms. The van der Waals surface area contributed by atoms with Gasteiger partial charge in [-0.2, -0.15) is 0 Å². The van der Waals surface area contributed by atoms with E-state index in [0.29, 0.717) is 12.0 Å². The lowest BCUT2D eigenvalue weighted by Gasteiger charge is -2.36. The van der Waals surface area contributed by atoms with E-state index in [1.165, 1.54) is 30.6 Å². The van der Waals surface area contributed by atoms with Crippen molar-refractivity contribution in [2.75, 3.05) is 27.3 Å². The van der Waals surface area contributed by atoms with Gasteiger partial charge >= 0.3 is 0 Å². The number of methoxy groups -OCH3 is 2. The van der Waals surface area contributed by atoms with E-state index in [2.05, 4.69) is 29.2 Å². The molecule has 0 saturated carbocycles. The lowest BCUT2D eigenvalue weighted by molar-refractivity contribution is 0.106. The normalized spacial score (nSPS) is 31.1. The van der Waals surface area contributed by atoms with Gasteiger partial charge in [-0.15, -0.1) is 0 Å². The van der Waals surface area contributed by atoms with E-state index in [1.54, 1.807) is 12.7 Å². The largest absolute Gasteiger partial charge is 0.497 e. The Kier molecular flexibility index (Phi) is 3.27. The van der Waals surface area contributed by atoms with Crippen LogP contribution in [-0.2, 0) is 11.2 Å². The first kappa shape index (κ1) is 13.4. The minimum absolute atomic E-state index is 0.262. The lowest BCUT2D eigenvalue weighted by atomic mass is 9.77. The third kappa shape index (κ3) is 2.11. The number of ether oxygens (including phenoxy) is 2. The fourth-order valence-electron chi connectivity index (χ4n) is 4.42. The Morgan fingerprint density at radius 1 is 1.14 bits per heavy atom. The maximum atomic E-state index is 5.68. The van der Waals surface area contributed by atoms with E-state index >= 15 is 0 Å². The molecule has 1 aliphatic carbocycles. The minimum Gasteiger partial charge on any atom is -0.497 e. The van der Waals surface area contributed by atoms with Crippen molar-refractivity contribution in [1.82, 2.24) is 4.90 Å². The van der Waals surface area contributed by atoms with Crippen molar-refractivity contribution in [2.45, 2.75) is 37.3 Å². The summed E-state index contributed by atoms with van der Waals surface area (Å²) < 4.78 is 11.1. The summed E-state index contributed by atoms with van der Waals surface area (Å²) in [4.78, 5) is 2.68. The van der Waals surface area contributed by atoms with Crippen molar-refractivity contribution in [3.63, 3.8) is 0 Å². The van der Waals surface area contributed by atoms with Crippen LogP contribution < -0.4 is 4.74 Å². The van der Waals surface area contributed by atoms with Gasteiger partial charge < -0.3 is 9.47 Å². The van der Waals surface area contributed by atoms with E-state index in [0.717, 1.165) is 18.6 Å². The summed E-state index contributed by atoms with van der Waals surface area (Å²) in [5, 5.41) is 0. The average Bonchev–Trinajstić information content (AvgIpc) is 2.87. The van der Waals surface area contributed by atoms with Crippen LogP contribution >= 0.6 is 0 Å². The number of rotatable bonds is 2. The van der Waals surface area contributed by atoms with Crippen LogP contribution in [-0.4, -0.2) is 44.4 Å². The zero-order chi connectivity index (χ0) is 14.4. The second-order valence-corrected chi connectivity index (χ2v) is 6.40. The standard InChI is InChI=1S/C18H23NO2/c1-20-14-4-3-12-5-7-19-8-6-13-9-15(21-2)11-17(18(13)19)16(12)10-14/h3-4,9-10,15,17-18H,5-8,11H2,1-2H3/t15-,17+,18+/m0/s1. The van der Waals surface area contributed by atoms with E-state index in [1.807, 2.05) is 7.11 Å². The molecule has 1 saturated heterocycles. The average molecular weight is 285 g/mol. The highest BCUT2D eigenvalue weighted by molar-refractivity contribution is 5.43. The van der Waals surface area contributed by atoms with Gasteiger partial charge in [0.2, 0.25) is 0 Å². The summed E-state index contributed by atoms with van der Waals surface area (Å²) in [6.45, 7) is 2.38. The molecular formula is C18H23NO2. The van der Waals surface area contributed by atoms with E-state index in [-0.39, 0.29) is 6.10 Å². The number of hydrogen-bond donors (Lipinski definition) is 0. The molecule has 1 fully saturated rings. The van der Waals surface area contributed by atoms with Crippen LogP contribution in [0.25, 0.3) is 0 Å². The Labute approximate surface area is 126 Å². The number of nitrogens with zero attached hydrogens (tertiary/aromatic N) is 1. The highest BCUT2D eigenvalue weighted by Crippen LogP contribution is 2.45. The van der Waals surface area contributed by atoms with Gasteiger partial charge in [0.15, 0.2) is 0 Å². The van der Waals surface area contributed by atoms with Crippen LogP contribution in [0.3, 0.4) is 0 Å². The van der Waals surface area contributed by atoms with Crippen molar-refractivity contribution in [1.29, 1.82) is 0 Å². The second-order valence-electron chi connectivity index (χ2n) is 6.40. The smallest absolute Gasteiger partial charge is 0.119 e. The first-order valence-corrected chi connectivity index (χ1v) is 7.94. The molecule has 0 unspecified atom stereocenters. The fraction of sp³-hybridized carbons (Fsp3) is 0.556. The van der Waals surface area contributed by atoms with Crippen molar-refractivity contribution in [3.05, 3.63) is 41.0 Å². The Balaban J connectivity index is 1.81. The third-order valence-corrected chi connectivity index (χ3v) is 5.45. The van der Waals surface area contributed by atoms with Gasteiger partial charge in [-0.05, 0) is 42.5 Å². The summed E-state index contributed by atoms with van der Waals surface area (Å²) in [6.07, 6.45) is 6.09. The van der Waals surface area contributed by atoms with Gasteiger partial charge in [0.1, 0.15) is 5.75 Å². The van der Waals surface area contributed by atoms with Crippen molar-refractivity contribution in [3.8, 4) is 5.75 Å². The Morgan fingerprint density at radius 3 is 2.81 bits per heavy atom. The molecule has 3 nitrogen and oxygen atoms in total. The Bertz CT molecular complexity index is 581. The predicted molar refractivity (Wildman–Crippen MR) is 82.9 cm³/mol. The van der Waals surface area contributed by atoms with E-state index in [9.17, 15) is 0 Å². The molecule has 0 amide bonds. The summed E-state index contributed by atoms with van der Waals surface area (Å²) >= 11 is 0. The molecule has 3 atom stereocenters. The summed E-state index contributed by atoms with van der Waals surface area (Å²) in [5.41, 5.74) is 4.57. The molecule has 4 rings (SSSR count). The van der Waals surface area contributed by atoms with Gasteiger partial charge in [0.25, 0.3) is 0 Å². The molecule has 2 aliphatic heterocycles. The fourth-order valence-corrected chi connectivity index (χ4v) is 4.42. The van der Waals surface area contributed by atoms with Crippen LogP contribution in [0.4, 0.5) is 0 Å². The molecule has 112 valence electrons. The van der Waals surface area contributed by atoms with Crippen LogP contribution in [0, 0.1) is 0 Å². The van der Waals surface area contributed by atoms with Gasteiger partial charge in [0, 0.05) is 32.2 Å². The molecule has 2 heterocycles. The molecule has 3 aliphatic rings. The molecule has 0 bridgehead atoms. The van der Waals surface area contributed by atoms with Crippen LogP contribution in [0.1, 0.15) is 29.9 Å². The van der Waals surface area contributed by atoms with E-state index in [4.69, 9.17) is 9.47 Å². The zero-order valence-electron chi connectivity index (χ0n) is 12.8. The maximum absolute atomic E-state index is 5.68. The number of fused-ring (bicyclic) bond motifs is 2. The Hall–Kier alpha value is -1.32. The first-order chi connectivity index (χ1) is 10.3. The van der Waals surface area contributed by atoms with Crippen molar-refractivity contribution >= 4 is 0 Å². The van der Waals surface area contributed by atoms with Crippen LogP contribution in [0.2, 0.25) is 0 Å². The van der Waals surface area contributed by atoms with E-state index < -0.39 is 0 Å². The summed E-state index contributed by atoms with van der Waals surface area (Å²) in [5.74, 6) is 1.52. The summed E-state index contributed by atoms with van der Waals surface area (Å²) in [7, 11) is 3.59. The molecule has 0 aromatic heterocycles. The second kappa shape index (κ2) is 5.15. The van der Waals surface area contributed by atoms with Gasteiger partial charge in [0.05, 0.1) is 13.2 Å². The number of hydrogen-bond acceptors (Lipinski definition) is 3. The molecule has 21 heavy (non-hydrogen) atoms.